The molecule has 0 N–H and O–H groups in total. The zero-order valence-electron chi connectivity index (χ0n) is 7.97. The van der Waals surface area contributed by atoms with Crippen LogP contribution < -0.4 is 0 Å². The van der Waals surface area contributed by atoms with E-state index in [0.29, 0.717) is 0 Å². The topological polar surface area (TPSA) is 12.9 Å². The summed E-state index contributed by atoms with van der Waals surface area (Å²) in [5, 5.41) is 1.25. The molecule has 1 nitrogen and oxygen atoms in total. The molecule has 0 aliphatic rings. The molecule has 2 heteroatoms. The molecule has 0 aliphatic heterocycles. The molecule has 0 unspecified atom stereocenters. The number of hydrogen-bond acceptors (Lipinski definition) is 2. The van der Waals surface area contributed by atoms with Crippen LogP contribution in [-0.4, -0.2) is 4.98 Å². The second kappa shape index (κ2) is 3.48. The fourth-order valence-electron chi connectivity index (χ4n) is 1.57. The van der Waals surface area contributed by atoms with Crippen LogP contribution in [0.5, 0.6) is 0 Å². The van der Waals surface area contributed by atoms with Crippen LogP contribution in [-0.2, 0) is 0 Å². The largest absolute Gasteiger partial charge is 0.264 e. The van der Waals surface area contributed by atoms with Crippen LogP contribution in [0.3, 0.4) is 0 Å². The Kier molecular flexibility index (Phi) is 2.00. The predicted octanol–water partition coefficient (Wildman–Crippen LogP) is 3.76. The van der Waals surface area contributed by atoms with Crippen molar-refractivity contribution in [3.63, 3.8) is 0 Å². The molecule has 1 aromatic carbocycles. The molecule has 1 radical (unpaired) electrons. The molecular weight excluding hydrogens is 202 g/mol. The molecule has 3 aromatic rings. The third-order valence-electron chi connectivity index (χ3n) is 2.31. The highest BCUT2D eigenvalue weighted by Gasteiger charge is 2.02. The highest BCUT2D eigenvalue weighted by Crippen LogP contribution is 2.32. The van der Waals surface area contributed by atoms with Crippen molar-refractivity contribution in [2.75, 3.05) is 0 Å². The Labute approximate surface area is 92.0 Å². The van der Waals surface area contributed by atoms with Crippen LogP contribution in [0.4, 0.5) is 0 Å². The average molecular weight is 210 g/mol. The summed E-state index contributed by atoms with van der Waals surface area (Å²) >= 11 is 1.79. The number of rotatable bonds is 1. The van der Waals surface area contributed by atoms with E-state index in [1.165, 1.54) is 20.5 Å². The van der Waals surface area contributed by atoms with Crippen LogP contribution >= 0.6 is 11.3 Å². The molecule has 0 fully saturated rings. The van der Waals surface area contributed by atoms with Crippen molar-refractivity contribution < 1.29 is 0 Å². The van der Waals surface area contributed by atoms with E-state index >= 15 is 0 Å². The fourth-order valence-corrected chi connectivity index (χ4v) is 2.61. The number of thiophene rings is 1. The van der Waals surface area contributed by atoms with Gasteiger partial charge in [0.2, 0.25) is 0 Å². The second-order valence-corrected chi connectivity index (χ2v) is 4.40. The standard InChI is InChI=1S/C13H8NS/c1-2-6-12-10(4-1)8-13(15-12)11-5-3-7-14-9-11/h2-9H. The minimum absolute atomic E-state index is 1.18. The molecule has 0 atom stereocenters. The summed E-state index contributed by atoms with van der Waals surface area (Å²) in [7, 11) is 0. The van der Waals surface area contributed by atoms with Crippen LogP contribution in [0.15, 0.2) is 48.8 Å². The van der Waals surface area contributed by atoms with Crippen LogP contribution in [0.25, 0.3) is 20.5 Å². The van der Waals surface area contributed by atoms with Crippen molar-refractivity contribution >= 4 is 21.4 Å². The Morgan fingerprint density at radius 3 is 3.07 bits per heavy atom. The maximum absolute atomic E-state index is 4.13. The van der Waals surface area contributed by atoms with E-state index in [2.05, 4.69) is 29.2 Å². The molecule has 3 rings (SSSR count). The highest BCUT2D eigenvalue weighted by molar-refractivity contribution is 7.22. The van der Waals surface area contributed by atoms with Gasteiger partial charge in [0.05, 0.1) is 0 Å². The zero-order valence-corrected chi connectivity index (χ0v) is 8.79. The smallest absolute Gasteiger partial charge is 0.0370 e. The summed E-state index contributed by atoms with van der Waals surface area (Å²) in [6.45, 7) is 0. The predicted molar refractivity (Wildman–Crippen MR) is 63.9 cm³/mol. The van der Waals surface area contributed by atoms with Gasteiger partial charge < -0.3 is 0 Å². The number of hydrogen-bond donors (Lipinski definition) is 0. The molecular formula is C13H8NS. The molecule has 0 aliphatic carbocycles. The SMILES string of the molecule is [c]1ccc2sc(-c3cccnc3)cc2c1. The Morgan fingerprint density at radius 1 is 1.27 bits per heavy atom. The van der Waals surface area contributed by atoms with Gasteiger partial charge in [-0.25, -0.2) is 0 Å². The van der Waals surface area contributed by atoms with E-state index in [1.807, 2.05) is 24.4 Å². The first-order chi connectivity index (χ1) is 7.43. The van der Waals surface area contributed by atoms with E-state index in [4.69, 9.17) is 0 Å². The van der Waals surface area contributed by atoms with E-state index in [-0.39, 0.29) is 0 Å². The van der Waals surface area contributed by atoms with E-state index in [0.717, 1.165) is 0 Å². The van der Waals surface area contributed by atoms with Crippen molar-refractivity contribution in [3.8, 4) is 10.4 Å². The monoisotopic (exact) mass is 210 g/mol. The van der Waals surface area contributed by atoms with Crippen molar-refractivity contribution in [2.24, 2.45) is 0 Å². The van der Waals surface area contributed by atoms with Gasteiger partial charge in [-0.1, -0.05) is 12.1 Å². The van der Waals surface area contributed by atoms with Crippen molar-refractivity contribution in [2.45, 2.75) is 0 Å². The Balaban J connectivity index is 2.21. The first-order valence-corrected chi connectivity index (χ1v) is 5.55. The lowest BCUT2D eigenvalue weighted by Gasteiger charge is -1.92. The van der Waals surface area contributed by atoms with Gasteiger partial charge in [0.25, 0.3) is 0 Å². The van der Waals surface area contributed by atoms with Crippen molar-refractivity contribution in [1.29, 1.82) is 0 Å². The normalized spacial score (nSPS) is 10.7. The molecule has 0 amide bonds. The summed E-state index contributed by atoms with van der Waals surface area (Å²) in [6.07, 6.45) is 3.69. The molecule has 0 bridgehead atoms. The first-order valence-electron chi connectivity index (χ1n) is 4.73. The lowest BCUT2D eigenvalue weighted by molar-refractivity contribution is 1.33. The summed E-state index contributed by atoms with van der Waals surface area (Å²) in [4.78, 5) is 5.39. The Morgan fingerprint density at radius 2 is 2.27 bits per heavy atom. The van der Waals surface area contributed by atoms with Crippen LogP contribution in [0.2, 0.25) is 0 Å². The molecule has 0 saturated carbocycles. The maximum atomic E-state index is 4.13. The number of aromatic nitrogens is 1. The van der Waals surface area contributed by atoms with Gasteiger partial charge in [0, 0.05) is 27.5 Å². The highest BCUT2D eigenvalue weighted by atomic mass is 32.1. The van der Waals surface area contributed by atoms with E-state index in [9.17, 15) is 0 Å². The minimum atomic E-state index is 1.18. The maximum Gasteiger partial charge on any atom is 0.0370 e. The molecule has 0 spiro atoms. The molecule has 2 heterocycles. The summed E-state index contributed by atoms with van der Waals surface area (Å²) < 4.78 is 1.30. The van der Waals surface area contributed by atoms with Crippen molar-refractivity contribution in [1.82, 2.24) is 4.98 Å². The second-order valence-electron chi connectivity index (χ2n) is 3.32. The molecule has 0 saturated heterocycles. The average Bonchev–Trinajstić information content (AvgIpc) is 2.74. The quantitative estimate of drug-likeness (QED) is 0.596. The summed E-state index contributed by atoms with van der Waals surface area (Å²) in [5.41, 5.74) is 1.18. The summed E-state index contributed by atoms with van der Waals surface area (Å²) in [5.74, 6) is 0. The number of nitrogens with zero attached hydrogens (tertiary/aromatic N) is 1. The fraction of sp³-hybridized carbons (Fsp3) is 0. The van der Waals surface area contributed by atoms with Gasteiger partial charge in [-0.3, -0.25) is 4.98 Å². The van der Waals surface area contributed by atoms with Gasteiger partial charge in [0.1, 0.15) is 0 Å². The molecule has 71 valence electrons. The lowest BCUT2D eigenvalue weighted by Crippen LogP contribution is -1.72. The zero-order chi connectivity index (χ0) is 10.1. The van der Waals surface area contributed by atoms with Crippen LogP contribution in [0, 0.1) is 6.07 Å². The van der Waals surface area contributed by atoms with Crippen molar-refractivity contribution in [3.05, 3.63) is 54.9 Å². The number of pyridine rings is 1. The third-order valence-corrected chi connectivity index (χ3v) is 3.47. The number of benzene rings is 1. The summed E-state index contributed by atoms with van der Waals surface area (Å²) in [6, 6.07) is 15.4. The van der Waals surface area contributed by atoms with Gasteiger partial charge in [-0.05, 0) is 35.7 Å². The minimum Gasteiger partial charge on any atom is -0.264 e. The Hall–Kier alpha value is -1.67. The van der Waals surface area contributed by atoms with Gasteiger partial charge in [-0.2, -0.15) is 0 Å². The Bertz CT molecular complexity index is 551. The molecule has 2 aromatic heterocycles. The van der Waals surface area contributed by atoms with Gasteiger partial charge in [-0.15, -0.1) is 11.3 Å². The lowest BCUT2D eigenvalue weighted by atomic mass is 10.2. The van der Waals surface area contributed by atoms with Gasteiger partial charge in [0.15, 0.2) is 0 Å². The van der Waals surface area contributed by atoms with Gasteiger partial charge >= 0.3 is 0 Å². The third kappa shape index (κ3) is 1.53. The van der Waals surface area contributed by atoms with E-state index in [1.54, 1.807) is 17.5 Å². The molecule has 15 heavy (non-hydrogen) atoms. The van der Waals surface area contributed by atoms with E-state index < -0.39 is 0 Å². The first kappa shape index (κ1) is 8.62. The van der Waals surface area contributed by atoms with Crippen LogP contribution in [0.1, 0.15) is 0 Å². The number of fused-ring (bicyclic) bond motifs is 1.